The minimum Gasteiger partial charge on any atom is -0.480 e. The van der Waals surface area contributed by atoms with Crippen LogP contribution < -0.4 is 4.72 Å². The molecule has 2 unspecified atom stereocenters. The van der Waals surface area contributed by atoms with Gasteiger partial charge in [0, 0.05) is 17.5 Å². The van der Waals surface area contributed by atoms with Gasteiger partial charge in [-0.2, -0.15) is 4.72 Å². The molecule has 26 heavy (non-hydrogen) atoms. The van der Waals surface area contributed by atoms with E-state index < -0.39 is 27.4 Å². The SMILES string of the molecule is O=C(O)C1(NS(=O)(=O)c2ccc(Br)s2)CC1c1cnc2ccccc2c1. The molecule has 0 aliphatic heterocycles. The lowest BCUT2D eigenvalue weighted by Crippen LogP contribution is -2.44. The number of nitrogens with zero attached hydrogens (tertiary/aromatic N) is 1. The first-order valence-electron chi connectivity index (χ1n) is 7.69. The molecule has 2 heterocycles. The van der Waals surface area contributed by atoms with Crippen molar-refractivity contribution in [1.82, 2.24) is 9.71 Å². The highest BCUT2D eigenvalue weighted by molar-refractivity contribution is 9.11. The second-order valence-electron chi connectivity index (χ2n) is 6.16. The first-order valence-corrected chi connectivity index (χ1v) is 10.8. The Morgan fingerprint density at radius 3 is 2.77 bits per heavy atom. The van der Waals surface area contributed by atoms with Crippen molar-refractivity contribution in [1.29, 1.82) is 0 Å². The molecule has 3 aromatic rings. The number of pyridine rings is 1. The van der Waals surface area contributed by atoms with Gasteiger partial charge in [-0.25, -0.2) is 8.42 Å². The Bertz CT molecular complexity index is 1130. The summed E-state index contributed by atoms with van der Waals surface area (Å²) in [4.78, 5) is 16.2. The summed E-state index contributed by atoms with van der Waals surface area (Å²) in [5.74, 6) is -1.65. The first kappa shape index (κ1) is 17.6. The van der Waals surface area contributed by atoms with E-state index in [0.717, 1.165) is 22.2 Å². The molecule has 2 aromatic heterocycles. The lowest BCUT2D eigenvalue weighted by molar-refractivity contribution is -0.140. The minimum absolute atomic E-state index is 0.0762. The summed E-state index contributed by atoms with van der Waals surface area (Å²) in [5.41, 5.74) is -0.0256. The molecule has 9 heteroatoms. The number of nitrogens with one attached hydrogen (secondary N) is 1. The van der Waals surface area contributed by atoms with Crippen LogP contribution in [0.1, 0.15) is 17.9 Å². The number of aromatic nitrogens is 1. The molecule has 2 N–H and O–H groups in total. The van der Waals surface area contributed by atoms with Crippen LogP contribution in [0.2, 0.25) is 0 Å². The predicted octanol–water partition coefficient (Wildman–Crippen LogP) is 3.35. The van der Waals surface area contributed by atoms with Gasteiger partial charge in [-0.3, -0.25) is 9.78 Å². The normalized spacial score (nSPS) is 22.4. The van der Waals surface area contributed by atoms with Crippen molar-refractivity contribution >= 4 is 54.2 Å². The topological polar surface area (TPSA) is 96.4 Å². The Kier molecular flexibility index (Phi) is 4.14. The first-order chi connectivity index (χ1) is 12.3. The van der Waals surface area contributed by atoms with Gasteiger partial charge in [-0.1, -0.05) is 18.2 Å². The summed E-state index contributed by atoms with van der Waals surface area (Å²) >= 11 is 4.26. The van der Waals surface area contributed by atoms with Crippen LogP contribution >= 0.6 is 27.3 Å². The number of thiophene rings is 1. The molecule has 0 amide bonds. The molecular weight excluding hydrogens is 440 g/mol. The molecule has 1 saturated carbocycles. The van der Waals surface area contributed by atoms with Gasteiger partial charge < -0.3 is 5.11 Å². The van der Waals surface area contributed by atoms with Crippen molar-refractivity contribution < 1.29 is 18.3 Å². The summed E-state index contributed by atoms with van der Waals surface area (Å²) in [6, 6.07) is 12.4. The Balaban J connectivity index is 1.68. The largest absolute Gasteiger partial charge is 0.480 e. The highest BCUT2D eigenvalue weighted by atomic mass is 79.9. The molecule has 1 fully saturated rings. The van der Waals surface area contributed by atoms with Crippen LogP contribution in [0, 0.1) is 0 Å². The molecule has 0 spiro atoms. The lowest BCUT2D eigenvalue weighted by Gasteiger charge is -2.14. The Morgan fingerprint density at radius 2 is 2.08 bits per heavy atom. The van der Waals surface area contributed by atoms with Crippen LogP contribution in [0.4, 0.5) is 0 Å². The van der Waals surface area contributed by atoms with Gasteiger partial charge in [-0.15, -0.1) is 11.3 Å². The van der Waals surface area contributed by atoms with Gasteiger partial charge in [0.2, 0.25) is 0 Å². The zero-order valence-corrected chi connectivity index (χ0v) is 16.4. The van der Waals surface area contributed by atoms with E-state index in [9.17, 15) is 18.3 Å². The van der Waals surface area contributed by atoms with E-state index in [1.54, 1.807) is 12.3 Å². The van der Waals surface area contributed by atoms with Gasteiger partial charge in [0.1, 0.15) is 9.75 Å². The van der Waals surface area contributed by atoms with Crippen molar-refractivity contribution in [3.63, 3.8) is 0 Å². The third-order valence-corrected chi connectivity index (χ3v) is 8.11. The summed E-state index contributed by atoms with van der Waals surface area (Å²) in [7, 11) is -3.93. The van der Waals surface area contributed by atoms with Crippen LogP contribution in [-0.4, -0.2) is 30.0 Å². The number of hydrogen-bond donors (Lipinski definition) is 2. The maximum atomic E-state index is 12.6. The van der Waals surface area contributed by atoms with E-state index in [-0.39, 0.29) is 10.6 Å². The van der Waals surface area contributed by atoms with Gasteiger partial charge >= 0.3 is 5.97 Å². The molecule has 0 radical (unpaired) electrons. The standard InChI is InChI=1S/C17H13BrN2O4S2/c18-14-5-6-15(25-14)26(23,24)20-17(16(21)22)8-12(17)11-7-10-3-1-2-4-13(10)19-9-11/h1-7,9,12,20H,8H2,(H,21,22). The van der Waals surface area contributed by atoms with E-state index in [1.165, 1.54) is 6.07 Å². The van der Waals surface area contributed by atoms with Crippen molar-refractivity contribution in [2.45, 2.75) is 22.1 Å². The van der Waals surface area contributed by atoms with Crippen LogP contribution in [0.5, 0.6) is 0 Å². The zero-order chi connectivity index (χ0) is 18.5. The number of carbonyl (C=O) groups is 1. The summed E-state index contributed by atoms with van der Waals surface area (Å²) in [6.07, 6.45) is 1.81. The number of sulfonamides is 1. The Hall–Kier alpha value is -1.81. The molecule has 4 rings (SSSR count). The number of aliphatic carboxylic acids is 1. The number of halogens is 1. The molecule has 0 bridgehead atoms. The van der Waals surface area contributed by atoms with E-state index in [1.807, 2.05) is 30.3 Å². The third-order valence-electron chi connectivity index (χ3n) is 4.49. The molecule has 1 aliphatic carbocycles. The number of fused-ring (bicyclic) bond motifs is 1. The van der Waals surface area contributed by atoms with Gasteiger partial charge in [-0.05, 0) is 52.2 Å². The van der Waals surface area contributed by atoms with E-state index in [2.05, 4.69) is 25.6 Å². The summed E-state index contributed by atoms with van der Waals surface area (Å²) < 4.78 is 28.3. The average molecular weight is 453 g/mol. The molecule has 6 nitrogen and oxygen atoms in total. The van der Waals surface area contributed by atoms with Crippen molar-refractivity contribution in [2.24, 2.45) is 0 Å². The number of carboxylic acids is 1. The smallest absolute Gasteiger partial charge is 0.325 e. The second-order valence-corrected chi connectivity index (χ2v) is 10.5. The molecule has 2 atom stereocenters. The number of carboxylic acid groups (broad SMARTS) is 1. The Morgan fingerprint density at radius 1 is 1.31 bits per heavy atom. The number of para-hydroxylation sites is 1. The Labute approximate surface area is 162 Å². The van der Waals surface area contributed by atoms with Crippen LogP contribution in [-0.2, 0) is 14.8 Å². The molecule has 1 aromatic carbocycles. The van der Waals surface area contributed by atoms with E-state index >= 15 is 0 Å². The quantitative estimate of drug-likeness (QED) is 0.618. The third kappa shape index (κ3) is 2.94. The summed E-state index contributed by atoms with van der Waals surface area (Å²) in [5, 5.41) is 10.6. The maximum absolute atomic E-state index is 12.6. The van der Waals surface area contributed by atoms with Crippen LogP contribution in [0.25, 0.3) is 10.9 Å². The molecular formula is C17H13BrN2O4S2. The summed E-state index contributed by atoms with van der Waals surface area (Å²) in [6.45, 7) is 0. The van der Waals surface area contributed by atoms with Crippen LogP contribution in [0.15, 0.2) is 56.7 Å². The van der Waals surface area contributed by atoms with Crippen molar-refractivity contribution in [3.05, 3.63) is 58.0 Å². The lowest BCUT2D eigenvalue weighted by atomic mass is 10.1. The van der Waals surface area contributed by atoms with Gasteiger partial charge in [0.05, 0.1) is 9.30 Å². The highest BCUT2D eigenvalue weighted by Gasteiger charge is 2.63. The van der Waals surface area contributed by atoms with E-state index in [0.29, 0.717) is 9.35 Å². The van der Waals surface area contributed by atoms with Crippen LogP contribution in [0.3, 0.4) is 0 Å². The van der Waals surface area contributed by atoms with Gasteiger partial charge in [0.15, 0.2) is 0 Å². The fourth-order valence-electron chi connectivity index (χ4n) is 3.07. The monoisotopic (exact) mass is 452 g/mol. The predicted molar refractivity (Wildman–Crippen MR) is 102 cm³/mol. The number of rotatable bonds is 5. The average Bonchev–Trinajstić information content (AvgIpc) is 3.15. The van der Waals surface area contributed by atoms with E-state index in [4.69, 9.17) is 0 Å². The number of benzene rings is 1. The fourth-order valence-corrected chi connectivity index (χ4v) is 6.48. The van der Waals surface area contributed by atoms with Crippen molar-refractivity contribution in [3.8, 4) is 0 Å². The highest BCUT2D eigenvalue weighted by Crippen LogP contribution is 2.52. The zero-order valence-electron chi connectivity index (χ0n) is 13.2. The minimum atomic E-state index is -3.93. The fraction of sp³-hybridized carbons (Fsp3) is 0.176. The molecule has 0 saturated heterocycles. The maximum Gasteiger partial charge on any atom is 0.325 e. The van der Waals surface area contributed by atoms with Gasteiger partial charge in [0.25, 0.3) is 10.0 Å². The van der Waals surface area contributed by atoms with Crippen molar-refractivity contribution in [2.75, 3.05) is 0 Å². The molecule has 1 aliphatic rings. The second kappa shape index (κ2) is 6.12. The number of hydrogen-bond acceptors (Lipinski definition) is 5. The molecule has 134 valence electrons.